The molecule has 0 spiro atoms. The van der Waals surface area contributed by atoms with Crippen LogP contribution in [0.2, 0.25) is 0 Å². The fraction of sp³-hybridized carbons (Fsp3) is 0.438. The molecule has 23 heavy (non-hydrogen) atoms. The fourth-order valence-electron chi connectivity index (χ4n) is 2.45. The van der Waals surface area contributed by atoms with E-state index < -0.39 is 10.0 Å². The van der Waals surface area contributed by atoms with Crippen molar-refractivity contribution >= 4 is 10.0 Å². The molecule has 0 radical (unpaired) electrons. The molecule has 1 aromatic heterocycles. The van der Waals surface area contributed by atoms with E-state index in [1.165, 1.54) is 4.31 Å². The van der Waals surface area contributed by atoms with Crippen molar-refractivity contribution in [2.45, 2.75) is 31.8 Å². The Kier molecular flexibility index (Phi) is 5.92. The molecule has 2 aromatic rings. The van der Waals surface area contributed by atoms with Crippen LogP contribution >= 0.6 is 0 Å². The SMILES string of the molecule is CCn1cc(S(=O)(=O)N(CCN)CCc2ccccc2)nc1C. The summed E-state index contributed by atoms with van der Waals surface area (Å²) in [6, 6.07) is 9.82. The van der Waals surface area contributed by atoms with Crippen LogP contribution in [-0.4, -0.2) is 41.9 Å². The van der Waals surface area contributed by atoms with Crippen LogP contribution in [0.1, 0.15) is 18.3 Å². The Labute approximate surface area is 138 Å². The van der Waals surface area contributed by atoms with Gasteiger partial charge >= 0.3 is 0 Å². The Balaban J connectivity index is 2.20. The first kappa shape index (κ1) is 17.7. The summed E-state index contributed by atoms with van der Waals surface area (Å²) in [5.41, 5.74) is 6.70. The molecular weight excluding hydrogens is 312 g/mol. The number of nitrogens with zero attached hydrogens (tertiary/aromatic N) is 3. The predicted octanol–water partition coefficient (Wildman–Crippen LogP) is 1.40. The summed E-state index contributed by atoms with van der Waals surface area (Å²) in [5.74, 6) is 0.696. The van der Waals surface area contributed by atoms with Gasteiger partial charge < -0.3 is 10.3 Å². The van der Waals surface area contributed by atoms with Crippen LogP contribution in [0.5, 0.6) is 0 Å². The summed E-state index contributed by atoms with van der Waals surface area (Å²) in [5, 5.41) is 0.0957. The van der Waals surface area contributed by atoms with Crippen molar-refractivity contribution in [3.8, 4) is 0 Å². The summed E-state index contributed by atoms with van der Waals surface area (Å²) in [6.45, 7) is 5.41. The zero-order valence-corrected chi connectivity index (χ0v) is 14.5. The van der Waals surface area contributed by atoms with Crippen LogP contribution in [0.25, 0.3) is 0 Å². The molecule has 0 aliphatic heterocycles. The molecule has 2 rings (SSSR count). The number of benzene rings is 1. The lowest BCUT2D eigenvalue weighted by Crippen LogP contribution is -2.37. The van der Waals surface area contributed by atoms with Gasteiger partial charge in [0, 0.05) is 32.4 Å². The van der Waals surface area contributed by atoms with E-state index in [1.807, 2.05) is 41.8 Å². The van der Waals surface area contributed by atoms with Gasteiger partial charge in [-0.15, -0.1) is 0 Å². The van der Waals surface area contributed by atoms with E-state index in [9.17, 15) is 8.42 Å². The molecule has 0 atom stereocenters. The number of nitrogens with two attached hydrogens (primary N) is 1. The van der Waals surface area contributed by atoms with Gasteiger partial charge in [0.25, 0.3) is 10.0 Å². The first-order valence-corrected chi connectivity index (χ1v) is 9.21. The molecule has 0 saturated carbocycles. The zero-order chi connectivity index (χ0) is 16.9. The highest BCUT2D eigenvalue weighted by Crippen LogP contribution is 2.16. The molecule has 0 saturated heterocycles. The van der Waals surface area contributed by atoms with Gasteiger partial charge in [0.15, 0.2) is 5.03 Å². The molecule has 7 heteroatoms. The third-order valence-electron chi connectivity index (χ3n) is 3.77. The Bertz CT molecular complexity index is 726. The molecule has 2 N–H and O–H groups in total. The van der Waals surface area contributed by atoms with Crippen LogP contribution in [0, 0.1) is 6.92 Å². The van der Waals surface area contributed by atoms with Crippen molar-refractivity contribution in [1.82, 2.24) is 13.9 Å². The average molecular weight is 336 g/mol. The van der Waals surface area contributed by atoms with Gasteiger partial charge in [0.1, 0.15) is 5.82 Å². The van der Waals surface area contributed by atoms with Crippen LogP contribution in [0.3, 0.4) is 0 Å². The molecular formula is C16H24N4O2S. The molecule has 0 bridgehead atoms. The molecule has 0 unspecified atom stereocenters. The number of hydrogen-bond donors (Lipinski definition) is 1. The number of sulfonamides is 1. The van der Waals surface area contributed by atoms with Crippen molar-refractivity contribution in [2.24, 2.45) is 5.73 Å². The minimum Gasteiger partial charge on any atom is -0.334 e. The highest BCUT2D eigenvalue weighted by atomic mass is 32.2. The van der Waals surface area contributed by atoms with Crippen LogP contribution < -0.4 is 5.73 Å². The number of aromatic nitrogens is 2. The first-order chi connectivity index (χ1) is 11.0. The maximum absolute atomic E-state index is 12.8. The summed E-state index contributed by atoms with van der Waals surface area (Å²) in [4.78, 5) is 4.20. The van der Waals surface area contributed by atoms with E-state index in [4.69, 9.17) is 5.73 Å². The Hall–Kier alpha value is -1.70. The van der Waals surface area contributed by atoms with Gasteiger partial charge in [0.2, 0.25) is 0 Å². The zero-order valence-electron chi connectivity index (χ0n) is 13.6. The van der Waals surface area contributed by atoms with Crippen molar-refractivity contribution in [1.29, 1.82) is 0 Å². The maximum atomic E-state index is 12.8. The molecule has 126 valence electrons. The Morgan fingerprint density at radius 2 is 1.91 bits per heavy atom. The maximum Gasteiger partial charge on any atom is 0.262 e. The van der Waals surface area contributed by atoms with E-state index in [-0.39, 0.29) is 18.1 Å². The third-order valence-corrected chi connectivity index (χ3v) is 5.54. The van der Waals surface area contributed by atoms with Crippen molar-refractivity contribution in [3.63, 3.8) is 0 Å². The molecule has 0 amide bonds. The van der Waals surface area contributed by atoms with Gasteiger partial charge in [-0.25, -0.2) is 13.4 Å². The Morgan fingerprint density at radius 3 is 2.48 bits per heavy atom. The van der Waals surface area contributed by atoms with E-state index in [0.717, 1.165) is 5.56 Å². The molecule has 0 fully saturated rings. The quantitative estimate of drug-likeness (QED) is 0.790. The van der Waals surface area contributed by atoms with Crippen LogP contribution in [-0.2, 0) is 23.0 Å². The van der Waals surface area contributed by atoms with Crippen molar-refractivity contribution < 1.29 is 8.42 Å². The molecule has 1 aromatic carbocycles. The molecule has 1 heterocycles. The fourth-order valence-corrected chi connectivity index (χ4v) is 3.90. The first-order valence-electron chi connectivity index (χ1n) is 7.77. The van der Waals surface area contributed by atoms with Gasteiger partial charge in [-0.3, -0.25) is 0 Å². The molecule has 0 aliphatic rings. The van der Waals surface area contributed by atoms with Crippen LogP contribution in [0.4, 0.5) is 0 Å². The van der Waals surface area contributed by atoms with Crippen molar-refractivity contribution in [3.05, 3.63) is 47.9 Å². The minimum absolute atomic E-state index is 0.0957. The highest BCUT2D eigenvalue weighted by Gasteiger charge is 2.26. The monoisotopic (exact) mass is 336 g/mol. The lowest BCUT2D eigenvalue weighted by atomic mass is 10.1. The largest absolute Gasteiger partial charge is 0.334 e. The number of imidazole rings is 1. The van der Waals surface area contributed by atoms with E-state index in [2.05, 4.69) is 4.98 Å². The summed E-state index contributed by atoms with van der Waals surface area (Å²) >= 11 is 0. The summed E-state index contributed by atoms with van der Waals surface area (Å²) < 4.78 is 28.9. The Morgan fingerprint density at radius 1 is 1.22 bits per heavy atom. The summed E-state index contributed by atoms with van der Waals surface area (Å²) in [6.07, 6.45) is 2.24. The van der Waals surface area contributed by atoms with Gasteiger partial charge in [-0.05, 0) is 25.8 Å². The minimum atomic E-state index is -3.62. The second kappa shape index (κ2) is 7.72. The average Bonchev–Trinajstić information content (AvgIpc) is 2.94. The number of aryl methyl sites for hydroxylation is 2. The second-order valence-corrected chi connectivity index (χ2v) is 7.23. The van der Waals surface area contributed by atoms with Gasteiger partial charge in [-0.1, -0.05) is 30.3 Å². The predicted molar refractivity (Wildman–Crippen MR) is 90.6 cm³/mol. The van der Waals surface area contributed by atoms with Crippen LogP contribution in [0.15, 0.2) is 41.6 Å². The van der Waals surface area contributed by atoms with E-state index in [1.54, 1.807) is 13.1 Å². The topological polar surface area (TPSA) is 81.2 Å². The van der Waals surface area contributed by atoms with Gasteiger partial charge in [0.05, 0.1) is 0 Å². The number of hydrogen-bond acceptors (Lipinski definition) is 4. The second-order valence-electron chi connectivity index (χ2n) is 5.34. The smallest absolute Gasteiger partial charge is 0.262 e. The van der Waals surface area contributed by atoms with E-state index in [0.29, 0.717) is 25.3 Å². The standard InChI is InChI=1S/C16H24N4O2S/c1-3-19-13-16(18-14(19)2)23(21,22)20(12-10-17)11-9-15-7-5-4-6-8-15/h4-8,13H,3,9-12,17H2,1-2H3. The lowest BCUT2D eigenvalue weighted by Gasteiger charge is -2.20. The number of rotatable bonds is 8. The molecule has 6 nitrogen and oxygen atoms in total. The summed E-state index contributed by atoms with van der Waals surface area (Å²) in [7, 11) is -3.62. The third kappa shape index (κ3) is 4.19. The molecule has 0 aliphatic carbocycles. The van der Waals surface area contributed by atoms with E-state index >= 15 is 0 Å². The van der Waals surface area contributed by atoms with Gasteiger partial charge in [-0.2, -0.15) is 4.31 Å². The highest BCUT2D eigenvalue weighted by molar-refractivity contribution is 7.89. The lowest BCUT2D eigenvalue weighted by molar-refractivity contribution is 0.420. The van der Waals surface area contributed by atoms with Crippen molar-refractivity contribution in [2.75, 3.05) is 19.6 Å². The normalized spacial score (nSPS) is 12.0.